The summed E-state index contributed by atoms with van der Waals surface area (Å²) in [5.74, 6) is -1.39. The molecule has 0 spiro atoms. The highest BCUT2D eigenvalue weighted by molar-refractivity contribution is 5.69. The average Bonchev–Trinajstić information content (AvgIpc) is 2.02. The van der Waals surface area contributed by atoms with Crippen LogP contribution in [0.5, 0.6) is 0 Å². The predicted molar refractivity (Wildman–Crippen MR) is 53.1 cm³/mol. The molecule has 0 aliphatic rings. The minimum absolute atomic E-state index is 0.266. The van der Waals surface area contributed by atoms with Gasteiger partial charge in [-0.1, -0.05) is 6.92 Å². The van der Waals surface area contributed by atoms with Gasteiger partial charge in [-0.25, -0.2) is 0 Å². The Kier molecular flexibility index (Phi) is 5.08. The maximum atomic E-state index is 10.5. The van der Waals surface area contributed by atoms with Crippen LogP contribution in [-0.2, 0) is 9.53 Å². The Labute approximate surface area is 84.9 Å². The number of hydrogen-bond donors (Lipinski definition) is 2. The van der Waals surface area contributed by atoms with Crippen molar-refractivity contribution >= 4 is 5.97 Å². The Bertz CT molecular complexity index is 189. The van der Waals surface area contributed by atoms with Gasteiger partial charge in [0.05, 0.1) is 17.6 Å². The number of rotatable bonds is 6. The van der Waals surface area contributed by atoms with Crippen LogP contribution in [0.15, 0.2) is 0 Å². The maximum Gasteiger partial charge on any atom is 0.306 e. The van der Waals surface area contributed by atoms with E-state index in [2.05, 4.69) is 0 Å². The predicted octanol–water partition coefficient (Wildman–Crippen LogP) is 1.27. The summed E-state index contributed by atoms with van der Waals surface area (Å²) in [6, 6.07) is 0. The summed E-state index contributed by atoms with van der Waals surface area (Å²) in [4.78, 5) is 10.5. The van der Waals surface area contributed by atoms with Crippen LogP contribution in [0.25, 0.3) is 0 Å². The number of aliphatic hydroxyl groups excluding tert-OH is 1. The molecule has 0 aliphatic heterocycles. The van der Waals surface area contributed by atoms with Crippen LogP contribution >= 0.6 is 0 Å². The first-order chi connectivity index (χ1) is 6.28. The molecule has 0 radical (unpaired) electrons. The first kappa shape index (κ1) is 13.4. The molecule has 0 aromatic carbocycles. The lowest BCUT2D eigenvalue weighted by Gasteiger charge is -2.26. The summed E-state index contributed by atoms with van der Waals surface area (Å²) in [5.41, 5.74) is -0.405. The zero-order valence-electron chi connectivity index (χ0n) is 9.28. The second-order valence-corrected chi connectivity index (χ2v) is 4.30. The number of aliphatic hydroxyl groups is 1. The number of methoxy groups -OCH3 is 1. The molecule has 0 heterocycles. The van der Waals surface area contributed by atoms with Gasteiger partial charge in [0, 0.05) is 13.5 Å². The number of carboxylic acid groups (broad SMARTS) is 1. The van der Waals surface area contributed by atoms with Crippen LogP contribution in [0.4, 0.5) is 0 Å². The van der Waals surface area contributed by atoms with Crippen molar-refractivity contribution in [1.29, 1.82) is 0 Å². The molecular weight excluding hydrogens is 184 g/mol. The molecule has 0 saturated carbocycles. The highest BCUT2D eigenvalue weighted by atomic mass is 16.5. The number of carboxylic acids is 1. The monoisotopic (exact) mass is 204 g/mol. The van der Waals surface area contributed by atoms with Gasteiger partial charge < -0.3 is 14.9 Å². The number of hydrogen-bond acceptors (Lipinski definition) is 3. The van der Waals surface area contributed by atoms with E-state index in [4.69, 9.17) is 9.84 Å². The first-order valence-corrected chi connectivity index (χ1v) is 4.74. The molecule has 0 aromatic rings. The van der Waals surface area contributed by atoms with Gasteiger partial charge in [0.2, 0.25) is 0 Å². The number of aliphatic carboxylic acids is 1. The molecule has 0 aliphatic carbocycles. The van der Waals surface area contributed by atoms with Gasteiger partial charge in [0.15, 0.2) is 0 Å². The van der Waals surface area contributed by atoms with Crippen molar-refractivity contribution < 1.29 is 19.7 Å². The molecule has 4 heteroatoms. The zero-order chi connectivity index (χ0) is 11.4. The van der Waals surface area contributed by atoms with Crippen molar-refractivity contribution in [2.75, 3.05) is 7.11 Å². The van der Waals surface area contributed by atoms with Gasteiger partial charge >= 0.3 is 5.97 Å². The minimum Gasteiger partial charge on any atom is -0.481 e. The second-order valence-electron chi connectivity index (χ2n) is 4.30. The summed E-state index contributed by atoms with van der Waals surface area (Å²) in [7, 11) is 1.58. The fraction of sp³-hybridized carbons (Fsp3) is 0.900. The minimum atomic E-state index is -0.876. The average molecular weight is 204 g/mol. The molecule has 2 N–H and O–H groups in total. The lowest BCUT2D eigenvalue weighted by Crippen LogP contribution is -2.30. The van der Waals surface area contributed by atoms with Crippen molar-refractivity contribution in [3.05, 3.63) is 0 Å². The molecule has 4 nitrogen and oxygen atoms in total. The zero-order valence-corrected chi connectivity index (χ0v) is 9.28. The lowest BCUT2D eigenvalue weighted by atomic mass is 9.94. The fourth-order valence-corrected chi connectivity index (χ4v) is 1.24. The van der Waals surface area contributed by atoms with Crippen LogP contribution in [0.1, 0.15) is 33.6 Å². The summed E-state index contributed by atoms with van der Waals surface area (Å²) < 4.78 is 5.14. The summed E-state index contributed by atoms with van der Waals surface area (Å²) in [5, 5.41) is 18.2. The van der Waals surface area contributed by atoms with Crippen molar-refractivity contribution in [2.45, 2.75) is 45.3 Å². The van der Waals surface area contributed by atoms with E-state index >= 15 is 0 Å². The fourth-order valence-electron chi connectivity index (χ4n) is 1.24. The molecule has 2 atom stereocenters. The molecule has 0 aromatic heterocycles. The van der Waals surface area contributed by atoms with E-state index in [9.17, 15) is 9.90 Å². The van der Waals surface area contributed by atoms with Crippen molar-refractivity contribution in [3.8, 4) is 0 Å². The molecule has 84 valence electrons. The smallest absolute Gasteiger partial charge is 0.306 e. The standard InChI is InChI=1S/C10H20O4/c1-7(9(12)13)5-8(11)6-10(2,3)14-4/h7-8,11H,5-6H2,1-4H3,(H,12,13). The Balaban J connectivity index is 3.98. The topological polar surface area (TPSA) is 66.8 Å². The third-order valence-electron chi connectivity index (χ3n) is 2.33. The molecule has 2 unspecified atom stereocenters. The third-order valence-corrected chi connectivity index (χ3v) is 2.33. The molecule has 0 saturated heterocycles. The molecule has 14 heavy (non-hydrogen) atoms. The Morgan fingerprint density at radius 3 is 2.36 bits per heavy atom. The van der Waals surface area contributed by atoms with Gasteiger partial charge in [0.25, 0.3) is 0 Å². The Morgan fingerprint density at radius 2 is 2.00 bits per heavy atom. The van der Waals surface area contributed by atoms with Crippen LogP contribution in [-0.4, -0.2) is 35.0 Å². The highest BCUT2D eigenvalue weighted by Crippen LogP contribution is 2.19. The summed E-state index contributed by atoms with van der Waals surface area (Å²) >= 11 is 0. The van der Waals surface area contributed by atoms with Crippen LogP contribution in [0.3, 0.4) is 0 Å². The summed E-state index contributed by atoms with van der Waals surface area (Å²) in [6.45, 7) is 5.31. The number of ether oxygens (including phenoxy) is 1. The van der Waals surface area contributed by atoms with Gasteiger partial charge in [-0.2, -0.15) is 0 Å². The van der Waals surface area contributed by atoms with Crippen LogP contribution in [0.2, 0.25) is 0 Å². The van der Waals surface area contributed by atoms with Gasteiger partial charge in [-0.3, -0.25) is 4.79 Å². The normalized spacial score (nSPS) is 16.4. The van der Waals surface area contributed by atoms with E-state index in [1.807, 2.05) is 13.8 Å². The van der Waals surface area contributed by atoms with Crippen LogP contribution < -0.4 is 0 Å². The largest absolute Gasteiger partial charge is 0.481 e. The van der Waals surface area contributed by atoms with Gasteiger partial charge in [-0.15, -0.1) is 0 Å². The maximum absolute atomic E-state index is 10.5. The first-order valence-electron chi connectivity index (χ1n) is 4.74. The molecular formula is C10H20O4. The van der Waals surface area contributed by atoms with Crippen molar-refractivity contribution in [3.63, 3.8) is 0 Å². The Morgan fingerprint density at radius 1 is 1.50 bits per heavy atom. The highest BCUT2D eigenvalue weighted by Gasteiger charge is 2.24. The quantitative estimate of drug-likeness (QED) is 0.683. The van der Waals surface area contributed by atoms with Gasteiger partial charge in [0.1, 0.15) is 0 Å². The molecule has 0 amide bonds. The summed E-state index contributed by atoms with van der Waals surface area (Å²) in [6.07, 6.45) is 0.0829. The van der Waals surface area contributed by atoms with Crippen molar-refractivity contribution in [1.82, 2.24) is 0 Å². The molecule has 0 rings (SSSR count). The van der Waals surface area contributed by atoms with E-state index in [-0.39, 0.29) is 6.42 Å². The van der Waals surface area contributed by atoms with E-state index in [0.717, 1.165) is 0 Å². The Hall–Kier alpha value is -0.610. The van der Waals surface area contributed by atoms with Gasteiger partial charge in [-0.05, 0) is 20.3 Å². The number of carbonyl (C=O) groups is 1. The van der Waals surface area contributed by atoms with E-state index < -0.39 is 23.6 Å². The lowest BCUT2D eigenvalue weighted by molar-refractivity contribution is -0.142. The molecule has 0 bridgehead atoms. The van der Waals surface area contributed by atoms with Crippen LogP contribution in [0, 0.1) is 5.92 Å². The molecule has 0 fully saturated rings. The third kappa shape index (κ3) is 5.19. The van der Waals surface area contributed by atoms with E-state index in [1.54, 1.807) is 14.0 Å². The van der Waals surface area contributed by atoms with Crippen molar-refractivity contribution in [2.24, 2.45) is 5.92 Å². The van der Waals surface area contributed by atoms with E-state index in [0.29, 0.717) is 6.42 Å². The second kappa shape index (κ2) is 5.32. The SMILES string of the molecule is COC(C)(C)CC(O)CC(C)C(=O)O. The van der Waals surface area contributed by atoms with E-state index in [1.165, 1.54) is 0 Å².